The second-order valence-electron chi connectivity index (χ2n) is 26.0. The standard InChI is InChI=1S/C68H73N5O/c1-64(2,3)43-26-30-55-53(37-43)54-38-44(65(4,5)6)27-31-56(54)72(55)59-24-19-25-60-63(59)52-29-28-51(41-61(52)73(60)62-39-45(32-33-69-62)66(7,8)9)74-50-21-18-20-48(40-50)70-42-71(58-23-17-16-22-57(58)70)49-35-46(67(10,11)12)34-47(36-49)68(13,14)15/h16-41H,42H2,1-15H3. The van der Waals surface area contributed by atoms with Gasteiger partial charge in [0.1, 0.15) is 24.0 Å². The van der Waals surface area contributed by atoms with Gasteiger partial charge in [0.2, 0.25) is 0 Å². The van der Waals surface area contributed by atoms with Crippen molar-refractivity contribution in [3.63, 3.8) is 0 Å². The highest BCUT2D eigenvalue weighted by atomic mass is 16.5. The average Bonchev–Trinajstić information content (AvgIpc) is 4.02. The van der Waals surface area contributed by atoms with Crippen LogP contribution < -0.4 is 14.5 Å². The van der Waals surface area contributed by atoms with Crippen LogP contribution in [0.5, 0.6) is 11.5 Å². The average molecular weight is 976 g/mol. The van der Waals surface area contributed by atoms with Crippen molar-refractivity contribution >= 4 is 66.4 Å². The zero-order chi connectivity index (χ0) is 52.4. The van der Waals surface area contributed by atoms with Crippen molar-refractivity contribution in [2.24, 2.45) is 0 Å². The predicted octanol–water partition coefficient (Wildman–Crippen LogP) is 18.8. The van der Waals surface area contributed by atoms with Crippen molar-refractivity contribution in [3.8, 4) is 23.0 Å². The van der Waals surface area contributed by atoms with Gasteiger partial charge in [-0.2, -0.15) is 0 Å². The van der Waals surface area contributed by atoms with Gasteiger partial charge in [0.15, 0.2) is 0 Å². The quantitative estimate of drug-likeness (QED) is 0.166. The topological polar surface area (TPSA) is 38.5 Å². The molecule has 6 heteroatoms. The summed E-state index contributed by atoms with van der Waals surface area (Å²) < 4.78 is 11.8. The summed E-state index contributed by atoms with van der Waals surface area (Å²) in [6.07, 6.45) is 1.96. The van der Waals surface area contributed by atoms with Crippen molar-refractivity contribution in [3.05, 3.63) is 186 Å². The fraction of sp³-hybridized carbons (Fsp3) is 0.309. The van der Waals surface area contributed by atoms with E-state index in [0.29, 0.717) is 6.67 Å². The van der Waals surface area contributed by atoms with Gasteiger partial charge in [-0.05, 0) is 152 Å². The van der Waals surface area contributed by atoms with Crippen LogP contribution in [0.2, 0.25) is 0 Å². The molecule has 0 N–H and O–H groups in total. The minimum atomic E-state index is -0.0690. The van der Waals surface area contributed by atoms with Gasteiger partial charge < -0.3 is 19.1 Å². The van der Waals surface area contributed by atoms with E-state index in [1.165, 1.54) is 66.7 Å². The van der Waals surface area contributed by atoms with E-state index in [4.69, 9.17) is 9.72 Å². The fourth-order valence-corrected chi connectivity index (χ4v) is 10.9. The van der Waals surface area contributed by atoms with E-state index in [1.807, 2.05) is 6.20 Å². The first-order valence-electron chi connectivity index (χ1n) is 26.5. The zero-order valence-electron chi connectivity index (χ0n) is 46.4. The lowest BCUT2D eigenvalue weighted by Crippen LogP contribution is -2.25. The number of ether oxygens (including phenoxy) is 1. The molecule has 0 saturated carbocycles. The van der Waals surface area contributed by atoms with Crippen LogP contribution in [0.4, 0.5) is 22.7 Å². The maximum Gasteiger partial charge on any atom is 0.137 e. The Bertz CT molecular complexity index is 3730. The lowest BCUT2D eigenvalue weighted by Gasteiger charge is -2.29. The summed E-state index contributed by atoms with van der Waals surface area (Å²) in [5, 5.41) is 4.83. The first kappa shape index (κ1) is 48.9. The molecule has 0 aliphatic carbocycles. The lowest BCUT2D eigenvalue weighted by molar-refractivity contribution is 0.483. The Hall–Kier alpha value is -7.31. The molecule has 74 heavy (non-hydrogen) atoms. The molecule has 1 aliphatic heterocycles. The van der Waals surface area contributed by atoms with Crippen LogP contribution >= 0.6 is 0 Å². The molecule has 0 amide bonds. The van der Waals surface area contributed by atoms with Crippen LogP contribution in [0.3, 0.4) is 0 Å². The van der Waals surface area contributed by atoms with Crippen molar-refractivity contribution in [1.82, 2.24) is 14.1 Å². The van der Waals surface area contributed by atoms with Crippen LogP contribution in [-0.2, 0) is 27.1 Å². The molecule has 11 rings (SSSR count). The van der Waals surface area contributed by atoms with Gasteiger partial charge in [-0.25, -0.2) is 4.98 Å². The molecule has 0 fully saturated rings. The number of anilines is 4. The van der Waals surface area contributed by atoms with Crippen LogP contribution in [0.25, 0.3) is 55.1 Å². The van der Waals surface area contributed by atoms with Gasteiger partial charge in [0.05, 0.1) is 39.1 Å². The zero-order valence-corrected chi connectivity index (χ0v) is 46.4. The van der Waals surface area contributed by atoms with E-state index in [9.17, 15) is 0 Å². The summed E-state index contributed by atoms with van der Waals surface area (Å²) >= 11 is 0. The van der Waals surface area contributed by atoms with E-state index in [-0.39, 0.29) is 27.1 Å². The number of aromatic nitrogens is 3. The van der Waals surface area contributed by atoms with Gasteiger partial charge in [-0.15, -0.1) is 0 Å². The highest BCUT2D eigenvalue weighted by Crippen LogP contribution is 2.48. The number of pyridine rings is 1. The molecule has 3 aromatic heterocycles. The highest BCUT2D eigenvalue weighted by Gasteiger charge is 2.31. The SMILES string of the molecule is CC(C)(C)c1cc(N2CN(c3cccc(Oc4ccc5c6c(-n7c8ccc(C(C)(C)C)cc8c8cc(C(C)(C)C)ccc87)cccc6n(-c6cc(C(C)(C)C)ccn6)c5c4)c3)c3ccccc32)cc(C(C)(C)C)c1. The number of nitrogens with zero attached hydrogens (tertiary/aromatic N) is 5. The number of hydrogen-bond acceptors (Lipinski definition) is 4. The molecule has 10 aromatic rings. The summed E-state index contributed by atoms with van der Waals surface area (Å²) in [6, 6.07) is 56.4. The molecule has 0 radical (unpaired) electrons. The lowest BCUT2D eigenvalue weighted by atomic mass is 9.80. The van der Waals surface area contributed by atoms with Crippen molar-refractivity contribution < 1.29 is 4.74 Å². The number of benzene rings is 7. The third kappa shape index (κ3) is 8.60. The number of para-hydroxylation sites is 2. The van der Waals surface area contributed by atoms with Gasteiger partial charge in [-0.1, -0.05) is 146 Å². The number of rotatable bonds is 6. The smallest absolute Gasteiger partial charge is 0.137 e. The minimum Gasteiger partial charge on any atom is -0.457 e. The van der Waals surface area contributed by atoms with E-state index in [0.717, 1.165) is 50.5 Å². The van der Waals surface area contributed by atoms with E-state index < -0.39 is 0 Å². The first-order valence-corrected chi connectivity index (χ1v) is 26.5. The van der Waals surface area contributed by atoms with Crippen molar-refractivity contribution in [2.75, 3.05) is 16.5 Å². The maximum atomic E-state index is 6.97. The first-order chi connectivity index (χ1) is 34.8. The summed E-state index contributed by atoms with van der Waals surface area (Å²) in [7, 11) is 0. The summed E-state index contributed by atoms with van der Waals surface area (Å²) in [5.74, 6) is 2.40. The van der Waals surface area contributed by atoms with Gasteiger partial charge in [0.25, 0.3) is 0 Å². The molecule has 0 atom stereocenters. The molecule has 1 aliphatic rings. The Morgan fingerprint density at radius 2 is 0.892 bits per heavy atom. The minimum absolute atomic E-state index is 0.00403. The maximum absolute atomic E-state index is 6.97. The van der Waals surface area contributed by atoms with Crippen molar-refractivity contribution in [2.45, 2.75) is 131 Å². The van der Waals surface area contributed by atoms with Crippen LogP contribution in [0.15, 0.2) is 158 Å². The summed E-state index contributed by atoms with van der Waals surface area (Å²) in [4.78, 5) is 9.97. The predicted molar refractivity (Wildman–Crippen MR) is 315 cm³/mol. The molecule has 0 spiro atoms. The molecule has 0 unspecified atom stereocenters. The molecule has 4 heterocycles. The second-order valence-corrected chi connectivity index (χ2v) is 26.0. The third-order valence-electron chi connectivity index (χ3n) is 15.4. The van der Waals surface area contributed by atoms with Gasteiger partial charge in [-0.3, -0.25) is 4.57 Å². The van der Waals surface area contributed by atoms with Crippen LogP contribution in [0, 0.1) is 0 Å². The highest BCUT2D eigenvalue weighted by molar-refractivity contribution is 6.17. The third-order valence-corrected chi connectivity index (χ3v) is 15.4. The Morgan fingerprint density at radius 1 is 0.365 bits per heavy atom. The normalized spacial score (nSPS) is 13.8. The van der Waals surface area contributed by atoms with Gasteiger partial charge in [0, 0.05) is 51.2 Å². The van der Waals surface area contributed by atoms with Crippen LogP contribution in [0.1, 0.15) is 132 Å². The van der Waals surface area contributed by atoms with E-state index in [2.05, 4.69) is 274 Å². The monoisotopic (exact) mass is 976 g/mol. The molecule has 0 saturated heterocycles. The Morgan fingerprint density at radius 3 is 1.47 bits per heavy atom. The van der Waals surface area contributed by atoms with E-state index >= 15 is 0 Å². The van der Waals surface area contributed by atoms with Gasteiger partial charge >= 0.3 is 0 Å². The second kappa shape index (κ2) is 17.1. The Kier molecular flexibility index (Phi) is 11.3. The molecule has 6 nitrogen and oxygen atoms in total. The Labute approximate surface area is 439 Å². The summed E-state index contributed by atoms with van der Waals surface area (Å²) in [5.41, 5.74) is 16.8. The largest absolute Gasteiger partial charge is 0.457 e. The Balaban J connectivity index is 1.05. The molecular weight excluding hydrogens is 903 g/mol. The number of fused-ring (bicyclic) bond motifs is 7. The summed E-state index contributed by atoms with van der Waals surface area (Å²) in [6.45, 7) is 35.1. The molecule has 376 valence electrons. The van der Waals surface area contributed by atoms with E-state index in [1.54, 1.807) is 0 Å². The molecule has 0 bridgehead atoms. The van der Waals surface area contributed by atoms with Crippen molar-refractivity contribution in [1.29, 1.82) is 0 Å². The fourth-order valence-electron chi connectivity index (χ4n) is 10.9. The number of hydrogen-bond donors (Lipinski definition) is 0. The molecule has 7 aromatic carbocycles. The molecular formula is C68H73N5O. The van der Waals surface area contributed by atoms with Crippen LogP contribution in [-0.4, -0.2) is 20.8 Å².